The van der Waals surface area contributed by atoms with Crippen LogP contribution < -0.4 is 0 Å². The first-order valence-electron chi connectivity index (χ1n) is 39.2. The van der Waals surface area contributed by atoms with Gasteiger partial charge in [0.05, 0.1) is 26.4 Å². The predicted octanol–water partition coefficient (Wildman–Crippen LogP) is 22.1. The van der Waals surface area contributed by atoms with Crippen molar-refractivity contribution in [2.24, 2.45) is 5.92 Å². The van der Waals surface area contributed by atoms with Gasteiger partial charge in [0.2, 0.25) is 0 Å². The molecule has 0 aliphatic rings. The number of rotatable bonds is 75. The van der Waals surface area contributed by atoms with Gasteiger partial charge in [0.1, 0.15) is 19.3 Å². The van der Waals surface area contributed by atoms with Crippen LogP contribution in [0.1, 0.15) is 394 Å². The molecule has 558 valence electrons. The minimum absolute atomic E-state index is 0.107. The second-order valence-electron chi connectivity index (χ2n) is 27.3. The maximum absolute atomic E-state index is 13.1. The molecule has 94 heavy (non-hydrogen) atoms. The van der Waals surface area contributed by atoms with Crippen molar-refractivity contribution in [3.05, 3.63) is 0 Å². The SMILES string of the molecule is CCCCCCCCCCCCCCC(=O)OC[C@H](COP(=O)(O)OC[C@@H](O)COP(=O)(O)OC[C@@H](COC(=O)CCCCCCCCCCC)OC(=O)CCCCCCCCCCCCC)OC(=O)CCCCCCCCCCCCCCCCCCCCC(C)CC. The third-order valence-corrected chi connectivity index (χ3v) is 19.8. The summed E-state index contributed by atoms with van der Waals surface area (Å²) in [5, 5.41) is 10.6. The molecular weight excluding hydrogens is 1230 g/mol. The van der Waals surface area contributed by atoms with E-state index in [1.54, 1.807) is 0 Å². The average molecular weight is 1380 g/mol. The molecule has 0 aromatic carbocycles. The zero-order valence-corrected chi connectivity index (χ0v) is 62.9. The van der Waals surface area contributed by atoms with Crippen molar-refractivity contribution in [1.29, 1.82) is 0 Å². The number of aliphatic hydroxyl groups excluding tert-OH is 1. The monoisotopic (exact) mass is 1380 g/mol. The number of unbranched alkanes of at least 4 members (excludes halogenated alkanes) is 46. The van der Waals surface area contributed by atoms with Crippen LogP contribution in [0.15, 0.2) is 0 Å². The maximum atomic E-state index is 13.1. The van der Waals surface area contributed by atoms with Crippen molar-refractivity contribution >= 4 is 39.5 Å². The fraction of sp³-hybridized carbons (Fsp3) is 0.947. The van der Waals surface area contributed by atoms with Gasteiger partial charge in [-0.25, -0.2) is 9.13 Å². The molecule has 0 saturated heterocycles. The van der Waals surface area contributed by atoms with Crippen LogP contribution >= 0.6 is 15.6 Å². The Morgan fingerprint density at radius 1 is 0.298 bits per heavy atom. The smallest absolute Gasteiger partial charge is 0.462 e. The molecule has 0 aliphatic carbocycles. The average Bonchev–Trinajstić information content (AvgIpc) is 1.62. The van der Waals surface area contributed by atoms with Gasteiger partial charge in [0.15, 0.2) is 12.2 Å². The van der Waals surface area contributed by atoms with Gasteiger partial charge in [-0.05, 0) is 31.6 Å². The molecule has 19 heteroatoms. The number of carbonyl (C=O) groups excluding carboxylic acids is 4. The highest BCUT2D eigenvalue weighted by Gasteiger charge is 2.30. The summed E-state index contributed by atoms with van der Waals surface area (Å²) in [6.07, 6.45) is 56.8. The molecule has 0 radical (unpaired) electrons. The molecule has 0 spiro atoms. The Labute approximate surface area is 575 Å². The molecule has 0 heterocycles. The lowest BCUT2D eigenvalue weighted by atomic mass is 9.99. The van der Waals surface area contributed by atoms with Crippen LogP contribution in [0.4, 0.5) is 0 Å². The number of aliphatic hydroxyl groups is 1. The first-order chi connectivity index (χ1) is 45.6. The van der Waals surface area contributed by atoms with Gasteiger partial charge < -0.3 is 33.8 Å². The van der Waals surface area contributed by atoms with Gasteiger partial charge in [0.25, 0.3) is 0 Å². The van der Waals surface area contributed by atoms with E-state index in [-0.39, 0.29) is 25.7 Å². The molecule has 0 bridgehead atoms. The van der Waals surface area contributed by atoms with E-state index in [4.69, 9.17) is 37.0 Å². The summed E-state index contributed by atoms with van der Waals surface area (Å²) in [6, 6.07) is 0. The minimum atomic E-state index is -4.95. The summed E-state index contributed by atoms with van der Waals surface area (Å²) in [7, 11) is -9.90. The molecule has 0 fully saturated rings. The Bertz CT molecular complexity index is 1810. The quantitative estimate of drug-likeness (QED) is 0.0222. The number of hydrogen-bond donors (Lipinski definition) is 3. The lowest BCUT2D eigenvalue weighted by Crippen LogP contribution is -2.30. The minimum Gasteiger partial charge on any atom is -0.462 e. The Morgan fingerprint density at radius 3 is 0.755 bits per heavy atom. The van der Waals surface area contributed by atoms with Crippen LogP contribution in [0.5, 0.6) is 0 Å². The normalized spacial score (nSPS) is 14.3. The standard InChI is InChI=1S/C75H146O17P2/c1-6-10-13-16-19-22-24-35-39-44-49-54-59-73(78)86-65-71(92-75(80)61-56-51-46-41-36-32-30-28-26-25-27-29-31-34-38-42-47-52-57-68(5)9-4)67-90-94(83,84)88-63-69(76)62-87-93(81,82)89-66-70(64-85-72(77)58-53-48-43-37-21-18-15-12-8-3)91-74(79)60-55-50-45-40-33-23-20-17-14-11-7-2/h68-71,76H,6-67H2,1-5H3,(H,81,82)(H,83,84)/t68?,69-,70+,71+/m0/s1. The van der Waals surface area contributed by atoms with Crippen LogP contribution in [-0.2, 0) is 65.4 Å². The Kier molecular flexibility index (Phi) is 66.8. The van der Waals surface area contributed by atoms with Gasteiger partial charge in [-0.3, -0.25) is 37.3 Å². The highest BCUT2D eigenvalue weighted by molar-refractivity contribution is 7.47. The van der Waals surface area contributed by atoms with Gasteiger partial charge in [-0.15, -0.1) is 0 Å². The van der Waals surface area contributed by atoms with Crippen molar-refractivity contribution in [2.75, 3.05) is 39.6 Å². The zero-order valence-electron chi connectivity index (χ0n) is 61.1. The van der Waals surface area contributed by atoms with Gasteiger partial charge >= 0.3 is 39.5 Å². The first kappa shape index (κ1) is 92.1. The Hall–Kier alpha value is -1.94. The molecule has 3 unspecified atom stereocenters. The zero-order chi connectivity index (χ0) is 69.1. The lowest BCUT2D eigenvalue weighted by Gasteiger charge is -2.21. The Morgan fingerprint density at radius 2 is 0.511 bits per heavy atom. The summed E-state index contributed by atoms with van der Waals surface area (Å²) < 4.78 is 68.4. The molecule has 3 N–H and O–H groups in total. The second kappa shape index (κ2) is 68.2. The van der Waals surface area contributed by atoms with Crippen LogP contribution in [-0.4, -0.2) is 96.7 Å². The largest absolute Gasteiger partial charge is 0.472 e. The second-order valence-corrected chi connectivity index (χ2v) is 30.2. The molecule has 17 nitrogen and oxygen atoms in total. The van der Waals surface area contributed by atoms with Crippen LogP contribution in [0, 0.1) is 5.92 Å². The Balaban J connectivity index is 5.16. The summed E-state index contributed by atoms with van der Waals surface area (Å²) in [5.41, 5.74) is 0. The van der Waals surface area contributed by atoms with E-state index < -0.39 is 97.5 Å². The summed E-state index contributed by atoms with van der Waals surface area (Å²) >= 11 is 0. The van der Waals surface area contributed by atoms with Gasteiger partial charge in [0, 0.05) is 25.7 Å². The van der Waals surface area contributed by atoms with Crippen molar-refractivity contribution in [3.63, 3.8) is 0 Å². The maximum Gasteiger partial charge on any atom is 0.472 e. The number of carbonyl (C=O) groups is 4. The number of hydrogen-bond acceptors (Lipinski definition) is 15. The van der Waals surface area contributed by atoms with Crippen molar-refractivity contribution in [2.45, 2.75) is 412 Å². The predicted molar refractivity (Wildman–Crippen MR) is 382 cm³/mol. The number of phosphoric ester groups is 2. The number of ether oxygens (including phenoxy) is 4. The molecule has 0 rings (SSSR count). The summed E-state index contributed by atoms with van der Waals surface area (Å²) in [6.45, 7) is 7.33. The number of esters is 4. The molecule has 6 atom stereocenters. The van der Waals surface area contributed by atoms with Crippen LogP contribution in [0.3, 0.4) is 0 Å². The van der Waals surface area contributed by atoms with Gasteiger partial charge in [-0.1, -0.05) is 343 Å². The molecule has 0 aliphatic heterocycles. The van der Waals surface area contributed by atoms with E-state index in [0.717, 1.165) is 95.8 Å². The van der Waals surface area contributed by atoms with E-state index in [1.165, 1.54) is 218 Å². The first-order valence-corrected chi connectivity index (χ1v) is 42.2. The lowest BCUT2D eigenvalue weighted by molar-refractivity contribution is -0.161. The highest BCUT2D eigenvalue weighted by atomic mass is 31.2. The fourth-order valence-corrected chi connectivity index (χ4v) is 13.1. The molecule has 0 aromatic rings. The summed E-state index contributed by atoms with van der Waals surface area (Å²) in [5.74, 6) is -1.24. The summed E-state index contributed by atoms with van der Waals surface area (Å²) in [4.78, 5) is 72.6. The van der Waals surface area contributed by atoms with E-state index in [0.29, 0.717) is 25.7 Å². The molecular formula is C75H146O17P2. The highest BCUT2D eigenvalue weighted by Crippen LogP contribution is 2.45. The van der Waals surface area contributed by atoms with E-state index >= 15 is 0 Å². The van der Waals surface area contributed by atoms with E-state index in [9.17, 15) is 43.2 Å². The van der Waals surface area contributed by atoms with E-state index in [2.05, 4.69) is 34.6 Å². The molecule has 0 aromatic heterocycles. The van der Waals surface area contributed by atoms with Crippen LogP contribution in [0.25, 0.3) is 0 Å². The third kappa shape index (κ3) is 67.3. The van der Waals surface area contributed by atoms with Crippen molar-refractivity contribution < 1.29 is 80.2 Å². The fourth-order valence-electron chi connectivity index (χ4n) is 11.5. The van der Waals surface area contributed by atoms with Crippen LogP contribution in [0.2, 0.25) is 0 Å². The topological polar surface area (TPSA) is 237 Å². The number of phosphoric acid groups is 2. The van der Waals surface area contributed by atoms with E-state index in [1.807, 2.05) is 0 Å². The van der Waals surface area contributed by atoms with Crippen molar-refractivity contribution in [1.82, 2.24) is 0 Å². The third-order valence-electron chi connectivity index (χ3n) is 17.9. The molecule has 0 saturated carbocycles. The van der Waals surface area contributed by atoms with Gasteiger partial charge in [-0.2, -0.15) is 0 Å². The van der Waals surface area contributed by atoms with Crippen molar-refractivity contribution in [3.8, 4) is 0 Å². The molecule has 0 amide bonds.